The highest BCUT2D eigenvalue weighted by molar-refractivity contribution is 5.85. The maximum absolute atomic E-state index is 13.7. The number of aryl methyl sites for hydroxylation is 1. The van der Waals surface area contributed by atoms with Gasteiger partial charge in [0, 0.05) is 49.5 Å². The monoisotopic (exact) mass is 573 g/mol. The van der Waals surface area contributed by atoms with Crippen LogP contribution in [0.25, 0.3) is 22.2 Å². The van der Waals surface area contributed by atoms with Gasteiger partial charge in [0.25, 0.3) is 0 Å². The van der Waals surface area contributed by atoms with Gasteiger partial charge in [0.2, 0.25) is 0 Å². The van der Waals surface area contributed by atoms with Gasteiger partial charge < -0.3 is 29.0 Å². The van der Waals surface area contributed by atoms with E-state index in [-0.39, 0.29) is 30.3 Å². The lowest BCUT2D eigenvalue weighted by atomic mass is 9.87. The molecule has 3 atom stereocenters. The highest BCUT2D eigenvalue weighted by atomic mass is 16.6. The molecular formula is C32H39N5O5. The predicted molar refractivity (Wildman–Crippen MR) is 157 cm³/mol. The van der Waals surface area contributed by atoms with E-state index in [4.69, 9.17) is 14.2 Å². The second kappa shape index (κ2) is 10.3. The Kier molecular flexibility index (Phi) is 6.66. The molecule has 0 spiro atoms. The van der Waals surface area contributed by atoms with Gasteiger partial charge >= 0.3 is 12.1 Å². The van der Waals surface area contributed by atoms with Crippen molar-refractivity contribution in [3.63, 3.8) is 0 Å². The number of carbonyl (C=O) groups is 2. The highest BCUT2D eigenvalue weighted by Crippen LogP contribution is 2.38. The number of morpholine rings is 2. The quantitative estimate of drug-likeness (QED) is 0.473. The number of hydrogen-bond donors (Lipinski definition) is 1. The molecule has 3 saturated heterocycles. The lowest BCUT2D eigenvalue weighted by Gasteiger charge is -2.40. The molecule has 4 aliphatic rings. The third-order valence-electron chi connectivity index (χ3n) is 8.98. The average Bonchev–Trinajstić information content (AvgIpc) is 3.71. The van der Waals surface area contributed by atoms with Crippen LogP contribution in [0.1, 0.15) is 55.5 Å². The molecular weight excluding hydrogens is 534 g/mol. The van der Waals surface area contributed by atoms with Crippen LogP contribution in [0, 0.1) is 6.92 Å². The summed E-state index contributed by atoms with van der Waals surface area (Å²) in [6.45, 7) is 11.4. The number of fused-ring (bicyclic) bond motifs is 4. The van der Waals surface area contributed by atoms with Crippen LogP contribution in [0.15, 0.2) is 30.6 Å². The number of aromatic amines is 1. The fraction of sp³-hybridized carbons (Fsp3) is 0.531. The zero-order valence-electron chi connectivity index (χ0n) is 24.8. The number of aromatic nitrogens is 2. The Bertz CT molecular complexity index is 1540. The lowest BCUT2D eigenvalue weighted by Crippen LogP contribution is -2.50. The number of ether oxygens (including phenoxy) is 3. The third-order valence-corrected chi connectivity index (χ3v) is 8.98. The lowest BCUT2D eigenvalue weighted by molar-refractivity contribution is -0.0334. The van der Waals surface area contributed by atoms with Gasteiger partial charge in [-0.3, -0.25) is 4.90 Å². The number of benzene rings is 1. The molecule has 1 aromatic carbocycles. The number of amides is 3. The van der Waals surface area contributed by atoms with Gasteiger partial charge in [-0.2, -0.15) is 0 Å². The number of carbonyl (C=O) groups excluding carboxylic acids is 2. The number of nitrogens with zero attached hydrogens (tertiary/aromatic N) is 4. The Hall–Kier alpha value is -3.63. The van der Waals surface area contributed by atoms with Crippen LogP contribution in [-0.4, -0.2) is 94.0 Å². The molecule has 1 N–H and O–H groups in total. The van der Waals surface area contributed by atoms with Crippen molar-refractivity contribution in [1.82, 2.24) is 24.7 Å². The minimum Gasteiger partial charge on any atom is -0.444 e. The number of pyridine rings is 1. The first kappa shape index (κ1) is 27.2. The molecule has 0 aliphatic carbocycles. The second-order valence-electron chi connectivity index (χ2n) is 13.0. The van der Waals surface area contributed by atoms with Crippen LogP contribution in [-0.2, 0) is 27.2 Å². The topological polar surface area (TPSA) is 100 Å². The maximum atomic E-state index is 13.7. The van der Waals surface area contributed by atoms with Gasteiger partial charge in [-0.15, -0.1) is 0 Å². The van der Waals surface area contributed by atoms with Gasteiger partial charge in [0.1, 0.15) is 11.2 Å². The van der Waals surface area contributed by atoms with Crippen LogP contribution < -0.4 is 0 Å². The molecule has 7 rings (SSSR count). The molecule has 42 heavy (non-hydrogen) atoms. The van der Waals surface area contributed by atoms with Gasteiger partial charge in [-0.1, -0.05) is 6.07 Å². The van der Waals surface area contributed by atoms with E-state index in [1.165, 1.54) is 5.56 Å². The van der Waals surface area contributed by atoms with E-state index in [1.807, 2.05) is 43.0 Å². The summed E-state index contributed by atoms with van der Waals surface area (Å²) in [5.41, 5.74) is 6.74. The van der Waals surface area contributed by atoms with Gasteiger partial charge in [0.05, 0.1) is 38.0 Å². The Morgan fingerprint density at radius 2 is 1.95 bits per heavy atom. The van der Waals surface area contributed by atoms with E-state index in [0.29, 0.717) is 46.0 Å². The second-order valence-corrected chi connectivity index (χ2v) is 13.0. The SMILES string of the molecule is Cc1c[nH]c2ncc(-c3cc4c(c([C@@H]5COCCN5C(=O)OC(C)(C)C)c3)CN(C(=O)N3C[C@H]5C[C@@H]3CO5)CC4)cc12. The van der Waals surface area contributed by atoms with Crippen molar-refractivity contribution in [2.24, 2.45) is 0 Å². The van der Waals surface area contributed by atoms with E-state index in [9.17, 15) is 9.59 Å². The molecule has 0 radical (unpaired) electrons. The van der Waals surface area contributed by atoms with Gasteiger partial charge in [-0.05, 0) is 80.5 Å². The zero-order valence-corrected chi connectivity index (χ0v) is 24.8. The Labute approximate surface area is 245 Å². The van der Waals surface area contributed by atoms with E-state index >= 15 is 0 Å². The van der Waals surface area contributed by atoms with E-state index in [0.717, 1.165) is 51.7 Å². The van der Waals surface area contributed by atoms with Crippen LogP contribution in [0.3, 0.4) is 0 Å². The normalized spacial score (nSPS) is 23.9. The predicted octanol–water partition coefficient (Wildman–Crippen LogP) is 4.80. The average molecular weight is 574 g/mol. The fourth-order valence-electron chi connectivity index (χ4n) is 6.83. The minimum absolute atomic E-state index is 0.0768. The standard InChI is InChI=1S/C32H39N5O5/c1-19-13-33-29-25(19)11-22(14-34-29)21-9-20-5-6-35(30(38)37-15-24-12-23(37)17-41-24)16-27(20)26(10-21)28-18-40-8-7-36(28)31(39)42-32(2,3)4/h9-11,13-14,23-24,28H,5-8,12,15-18H2,1-4H3,(H,33,34)/t23-,24-,28+/m1/s1. The number of rotatable bonds is 2. The summed E-state index contributed by atoms with van der Waals surface area (Å²) in [5.74, 6) is 0. The largest absolute Gasteiger partial charge is 0.444 e. The summed E-state index contributed by atoms with van der Waals surface area (Å²) in [4.78, 5) is 40.8. The molecule has 0 saturated carbocycles. The van der Waals surface area contributed by atoms with Crippen molar-refractivity contribution in [3.05, 3.63) is 52.8 Å². The van der Waals surface area contributed by atoms with Gasteiger partial charge in [0.15, 0.2) is 0 Å². The molecule has 3 aromatic rings. The summed E-state index contributed by atoms with van der Waals surface area (Å²) in [7, 11) is 0. The number of nitrogens with one attached hydrogen (secondary N) is 1. The van der Waals surface area contributed by atoms with Crippen LogP contribution in [0.2, 0.25) is 0 Å². The summed E-state index contributed by atoms with van der Waals surface area (Å²) >= 11 is 0. The molecule has 2 aromatic heterocycles. The van der Waals surface area contributed by atoms with Crippen molar-refractivity contribution in [2.75, 3.05) is 39.5 Å². The van der Waals surface area contributed by atoms with Crippen molar-refractivity contribution in [2.45, 2.75) is 70.9 Å². The van der Waals surface area contributed by atoms with E-state index in [1.54, 1.807) is 4.90 Å². The summed E-state index contributed by atoms with van der Waals surface area (Å²) in [6, 6.07) is 6.48. The van der Waals surface area contributed by atoms with Crippen LogP contribution in [0.4, 0.5) is 9.59 Å². The van der Waals surface area contributed by atoms with E-state index in [2.05, 4.69) is 35.1 Å². The van der Waals surface area contributed by atoms with Crippen LogP contribution in [0.5, 0.6) is 0 Å². The molecule has 3 fully saturated rings. The zero-order chi connectivity index (χ0) is 29.2. The molecule has 6 heterocycles. The molecule has 3 amide bonds. The molecule has 2 bridgehead atoms. The smallest absolute Gasteiger partial charge is 0.410 e. The number of urea groups is 1. The summed E-state index contributed by atoms with van der Waals surface area (Å²) in [6.07, 6.45) is 5.34. The first-order chi connectivity index (χ1) is 20.1. The third kappa shape index (κ3) is 4.90. The molecule has 0 unspecified atom stereocenters. The van der Waals surface area contributed by atoms with Crippen molar-refractivity contribution in [3.8, 4) is 11.1 Å². The molecule has 222 valence electrons. The number of likely N-dealkylation sites (tertiary alicyclic amines) is 1. The molecule has 10 nitrogen and oxygen atoms in total. The summed E-state index contributed by atoms with van der Waals surface area (Å²) in [5, 5.41) is 1.09. The first-order valence-electron chi connectivity index (χ1n) is 15.0. The maximum Gasteiger partial charge on any atom is 0.410 e. The Morgan fingerprint density at radius 3 is 2.71 bits per heavy atom. The van der Waals surface area contributed by atoms with Crippen LogP contribution >= 0.6 is 0 Å². The first-order valence-corrected chi connectivity index (χ1v) is 15.0. The Morgan fingerprint density at radius 1 is 1.10 bits per heavy atom. The highest BCUT2D eigenvalue weighted by Gasteiger charge is 2.44. The van der Waals surface area contributed by atoms with Gasteiger partial charge in [-0.25, -0.2) is 14.6 Å². The minimum atomic E-state index is -0.612. The number of H-pyrrole nitrogens is 1. The van der Waals surface area contributed by atoms with E-state index < -0.39 is 5.60 Å². The molecule has 4 aliphatic heterocycles. The number of hydrogen-bond acceptors (Lipinski definition) is 6. The molecule has 10 heteroatoms. The summed E-state index contributed by atoms with van der Waals surface area (Å²) < 4.78 is 17.5. The van der Waals surface area contributed by atoms with Crippen molar-refractivity contribution >= 4 is 23.2 Å². The van der Waals surface area contributed by atoms with Crippen molar-refractivity contribution in [1.29, 1.82) is 0 Å². The van der Waals surface area contributed by atoms with Crippen molar-refractivity contribution < 1.29 is 23.8 Å². The Balaban J connectivity index is 1.28. The fourth-order valence-corrected chi connectivity index (χ4v) is 6.83.